The van der Waals surface area contributed by atoms with Crippen molar-refractivity contribution in [2.75, 3.05) is 35.3 Å². The molecule has 5 N–H and O–H groups in total. The molecule has 6 bridgehead atoms. The van der Waals surface area contributed by atoms with Crippen LogP contribution in [0.25, 0.3) is 0 Å². The van der Waals surface area contributed by atoms with Gasteiger partial charge in [0.15, 0.2) is 5.82 Å². The largest absolute Gasteiger partial charge is 0.490 e. The van der Waals surface area contributed by atoms with E-state index in [-0.39, 0.29) is 18.2 Å². The Balaban J connectivity index is 0.000000392. The van der Waals surface area contributed by atoms with Crippen molar-refractivity contribution in [2.24, 2.45) is 5.92 Å². The van der Waals surface area contributed by atoms with Crippen LogP contribution in [0.15, 0.2) is 42.9 Å². The molecule has 4 heterocycles. The molecule has 0 radical (unpaired) electrons. The van der Waals surface area contributed by atoms with Gasteiger partial charge in [-0.05, 0) is 54.2 Å². The lowest BCUT2D eigenvalue weighted by Crippen LogP contribution is -2.50. The number of carbonyl (C=O) groups is 3. The third-order valence-electron chi connectivity index (χ3n) is 6.47. The van der Waals surface area contributed by atoms with E-state index < -0.39 is 34.3 Å². The van der Waals surface area contributed by atoms with Gasteiger partial charge in [-0.3, -0.25) is 9.78 Å². The number of rotatable bonds is 4. The highest BCUT2D eigenvalue weighted by Crippen LogP contribution is 2.30. The standard InChI is InChI=1S/C23H24ClN7O3S.2C2HF3O2/c1-35(33,34)31-12-15(13-31)7-21(32)29-20-5-4-17-8-16(20)3-2-14-6-18(10-25-9-14)28-23-26-11-19(24)22(27-17)30-23;2*3-2(4,5)1(6)7/h4-6,8-11,15H,2-3,7,12-13H2,1H3,(H,29,32)(H2,26,27,28,30);2*(H,6,7). The zero-order valence-corrected chi connectivity index (χ0v) is 26.5. The SMILES string of the molecule is CS(=O)(=O)N1CC(CC(=O)Nc2ccc3cc2CCc2cncc(c2)Nc2ncc(Cl)c(n2)N3)C1.O=C(O)C(F)(F)F.O=C(O)C(F)(F)F. The number of halogens is 7. The summed E-state index contributed by atoms with van der Waals surface area (Å²) < 4.78 is 88.0. The van der Waals surface area contributed by atoms with Crippen molar-refractivity contribution in [1.82, 2.24) is 19.3 Å². The van der Waals surface area contributed by atoms with E-state index in [2.05, 4.69) is 30.9 Å². The minimum Gasteiger partial charge on any atom is -0.475 e. The first-order chi connectivity index (χ1) is 22.6. The van der Waals surface area contributed by atoms with Crippen molar-refractivity contribution in [3.8, 4) is 0 Å². The molecule has 0 unspecified atom stereocenters. The first kappa shape index (κ1) is 38.7. The van der Waals surface area contributed by atoms with Gasteiger partial charge in [0.25, 0.3) is 0 Å². The van der Waals surface area contributed by atoms with E-state index in [9.17, 15) is 39.6 Å². The van der Waals surface area contributed by atoms with Gasteiger partial charge >= 0.3 is 24.3 Å². The second-order valence-corrected chi connectivity index (χ2v) is 12.8. The second-order valence-electron chi connectivity index (χ2n) is 10.4. The van der Waals surface area contributed by atoms with Crippen LogP contribution in [0, 0.1) is 5.92 Å². The fourth-order valence-corrected chi connectivity index (χ4v) is 5.24. The Morgan fingerprint density at radius 1 is 0.959 bits per heavy atom. The number of hydrogen-bond donors (Lipinski definition) is 5. The minimum atomic E-state index is -5.08. The number of aryl methyl sites for hydroxylation is 2. The van der Waals surface area contributed by atoms with Crippen LogP contribution in [0.2, 0.25) is 5.02 Å². The molecule has 266 valence electrons. The maximum absolute atomic E-state index is 12.7. The number of alkyl halides is 6. The molecule has 2 aliphatic rings. The van der Waals surface area contributed by atoms with E-state index in [0.717, 1.165) is 22.5 Å². The number of hydrogen-bond acceptors (Lipinski definition) is 10. The molecule has 1 amide bonds. The minimum absolute atomic E-state index is 0.0196. The number of amides is 1. The van der Waals surface area contributed by atoms with E-state index in [1.807, 2.05) is 30.5 Å². The number of pyridine rings is 1. The van der Waals surface area contributed by atoms with Crippen molar-refractivity contribution >= 4 is 68.3 Å². The topological polar surface area (TPSA) is 204 Å². The van der Waals surface area contributed by atoms with Gasteiger partial charge in [-0.25, -0.2) is 27.3 Å². The van der Waals surface area contributed by atoms with Crippen LogP contribution in [0.3, 0.4) is 0 Å². The Kier molecular flexibility index (Phi) is 12.3. The fraction of sp³-hybridized carbons (Fsp3) is 0.333. The molecule has 2 aromatic heterocycles. The average molecular weight is 742 g/mol. The highest BCUT2D eigenvalue weighted by molar-refractivity contribution is 7.88. The first-order valence-electron chi connectivity index (χ1n) is 13.6. The molecule has 3 aromatic rings. The van der Waals surface area contributed by atoms with Gasteiger partial charge in [0.2, 0.25) is 21.9 Å². The Hall–Kier alpha value is -4.76. The van der Waals surface area contributed by atoms with Gasteiger partial charge in [0.05, 0.1) is 24.3 Å². The van der Waals surface area contributed by atoms with Crippen LogP contribution >= 0.6 is 11.6 Å². The monoisotopic (exact) mass is 741 g/mol. The molecular weight excluding hydrogens is 716 g/mol. The lowest BCUT2D eigenvalue weighted by molar-refractivity contribution is -0.193. The number of aromatic nitrogens is 3. The van der Waals surface area contributed by atoms with Gasteiger partial charge in [-0.1, -0.05) is 11.6 Å². The molecule has 0 spiro atoms. The number of carboxylic acid groups (broad SMARTS) is 2. The van der Waals surface area contributed by atoms with Crippen LogP contribution in [-0.2, 0) is 37.2 Å². The summed E-state index contributed by atoms with van der Waals surface area (Å²) in [5.41, 5.74) is 4.22. The number of carbonyl (C=O) groups excluding carboxylic acids is 1. The molecule has 1 fully saturated rings. The van der Waals surface area contributed by atoms with Crippen molar-refractivity contribution in [1.29, 1.82) is 0 Å². The molecule has 49 heavy (non-hydrogen) atoms. The zero-order valence-electron chi connectivity index (χ0n) is 24.9. The summed E-state index contributed by atoms with van der Waals surface area (Å²) in [6.07, 6.45) is -2.31. The van der Waals surface area contributed by atoms with Crippen LogP contribution < -0.4 is 16.0 Å². The van der Waals surface area contributed by atoms with Crippen molar-refractivity contribution < 1.29 is 59.4 Å². The lowest BCUT2D eigenvalue weighted by Gasteiger charge is -2.36. The molecule has 5 rings (SSSR count). The molecule has 0 saturated carbocycles. The molecular formula is C27H26ClF6N7O7S. The van der Waals surface area contributed by atoms with E-state index >= 15 is 0 Å². The number of sulfonamides is 1. The number of nitrogens with one attached hydrogen (secondary N) is 3. The van der Waals surface area contributed by atoms with Crippen molar-refractivity contribution in [2.45, 2.75) is 31.6 Å². The Morgan fingerprint density at radius 3 is 2.14 bits per heavy atom. The van der Waals surface area contributed by atoms with E-state index in [0.29, 0.717) is 48.4 Å². The van der Waals surface area contributed by atoms with Crippen LogP contribution in [-0.4, -0.2) is 87.4 Å². The molecule has 0 aliphatic carbocycles. The van der Waals surface area contributed by atoms with Gasteiger partial charge in [0, 0.05) is 37.1 Å². The highest BCUT2D eigenvalue weighted by atomic mass is 35.5. The smallest absolute Gasteiger partial charge is 0.475 e. The summed E-state index contributed by atoms with van der Waals surface area (Å²) in [6.45, 7) is 0.752. The predicted molar refractivity (Wildman–Crippen MR) is 162 cm³/mol. The number of nitrogens with zero attached hydrogens (tertiary/aromatic N) is 4. The van der Waals surface area contributed by atoms with E-state index in [1.54, 1.807) is 6.20 Å². The zero-order chi connectivity index (χ0) is 36.7. The van der Waals surface area contributed by atoms with Crippen LogP contribution in [0.4, 0.5) is 55.2 Å². The van der Waals surface area contributed by atoms with Crippen LogP contribution in [0.1, 0.15) is 17.5 Å². The number of benzene rings is 1. The summed E-state index contributed by atoms with van der Waals surface area (Å²) in [5.74, 6) is -4.79. The van der Waals surface area contributed by atoms with Gasteiger partial charge < -0.3 is 26.2 Å². The molecule has 1 saturated heterocycles. The van der Waals surface area contributed by atoms with E-state index in [1.165, 1.54) is 16.8 Å². The summed E-state index contributed by atoms with van der Waals surface area (Å²) >= 11 is 6.31. The van der Waals surface area contributed by atoms with Gasteiger partial charge in [-0.2, -0.15) is 31.3 Å². The number of carboxylic acids is 2. The van der Waals surface area contributed by atoms with Gasteiger partial charge in [0.1, 0.15) is 5.02 Å². The summed E-state index contributed by atoms with van der Waals surface area (Å²) in [4.78, 5) is 43.5. The molecule has 22 heteroatoms. The summed E-state index contributed by atoms with van der Waals surface area (Å²) in [5, 5.41) is 24.0. The molecule has 1 aromatic carbocycles. The average Bonchev–Trinajstić information content (AvgIpc) is 2.96. The Bertz CT molecular complexity index is 1780. The number of anilines is 5. The highest BCUT2D eigenvalue weighted by Gasteiger charge is 2.39. The lowest BCUT2D eigenvalue weighted by atomic mass is 9.98. The molecule has 14 nitrogen and oxygen atoms in total. The third-order valence-corrected chi connectivity index (χ3v) is 7.98. The number of aliphatic carboxylic acids is 2. The fourth-order valence-electron chi connectivity index (χ4n) is 4.14. The summed E-state index contributed by atoms with van der Waals surface area (Å²) in [6, 6.07) is 7.65. The number of fused-ring (bicyclic) bond motifs is 6. The maximum Gasteiger partial charge on any atom is 0.490 e. The Morgan fingerprint density at radius 2 is 1.57 bits per heavy atom. The second kappa shape index (κ2) is 15.6. The Labute approximate surface area is 278 Å². The van der Waals surface area contributed by atoms with Crippen molar-refractivity contribution in [3.63, 3.8) is 0 Å². The first-order valence-corrected chi connectivity index (χ1v) is 15.8. The quantitative estimate of drug-likeness (QED) is 0.233. The predicted octanol–water partition coefficient (Wildman–Crippen LogP) is 4.60. The van der Waals surface area contributed by atoms with Crippen molar-refractivity contribution in [3.05, 3.63) is 59.0 Å². The van der Waals surface area contributed by atoms with Gasteiger partial charge in [-0.15, -0.1) is 0 Å². The maximum atomic E-state index is 12.7. The van der Waals surface area contributed by atoms with E-state index in [4.69, 9.17) is 31.4 Å². The molecule has 0 atom stereocenters. The normalized spacial score (nSPS) is 14.6. The van der Waals surface area contributed by atoms with Crippen LogP contribution in [0.5, 0.6) is 0 Å². The third kappa shape index (κ3) is 12.0. The molecule has 2 aliphatic heterocycles. The summed E-state index contributed by atoms with van der Waals surface area (Å²) in [7, 11) is -3.20.